The lowest BCUT2D eigenvalue weighted by atomic mass is 9.74. The molecule has 8 nitrogen and oxygen atoms in total. The van der Waals surface area contributed by atoms with Crippen LogP contribution in [0.2, 0.25) is 10.2 Å². The number of carbonyl (C=O) groups is 2. The maximum absolute atomic E-state index is 14.1. The van der Waals surface area contributed by atoms with E-state index in [-0.39, 0.29) is 35.1 Å². The normalized spacial score (nSPS) is 29.9. The van der Waals surface area contributed by atoms with Crippen molar-refractivity contribution in [2.24, 2.45) is 22.7 Å². The number of carboxylic acids is 1. The maximum atomic E-state index is 14.1. The van der Waals surface area contributed by atoms with Gasteiger partial charge in [-0.2, -0.15) is 5.10 Å². The highest BCUT2D eigenvalue weighted by Crippen LogP contribution is 2.67. The fraction of sp³-hybridized carbons (Fsp3) is 0.621. The van der Waals surface area contributed by atoms with Crippen LogP contribution in [0.3, 0.4) is 0 Å². The van der Waals surface area contributed by atoms with Gasteiger partial charge in [-0.05, 0) is 74.8 Å². The van der Waals surface area contributed by atoms with Gasteiger partial charge in [0.1, 0.15) is 17.0 Å². The van der Waals surface area contributed by atoms with Crippen LogP contribution in [0.1, 0.15) is 87.4 Å². The molecule has 1 heterocycles. The molecule has 2 aromatic rings. The lowest BCUT2D eigenvalue weighted by molar-refractivity contribution is -0.150. The van der Waals surface area contributed by atoms with E-state index in [0.29, 0.717) is 59.4 Å². The summed E-state index contributed by atoms with van der Waals surface area (Å²) in [7, 11) is 1.52. The van der Waals surface area contributed by atoms with Crippen molar-refractivity contribution in [3.63, 3.8) is 0 Å². The van der Waals surface area contributed by atoms with Crippen LogP contribution in [-0.2, 0) is 4.79 Å². The molecular formula is C29H37Cl2N3O5. The Morgan fingerprint density at radius 3 is 2.41 bits per heavy atom. The molecule has 3 saturated carbocycles. The second-order valence-corrected chi connectivity index (χ2v) is 13.1. The van der Waals surface area contributed by atoms with E-state index in [1.54, 1.807) is 34.7 Å². The molecule has 0 spiro atoms. The van der Waals surface area contributed by atoms with Gasteiger partial charge in [-0.25, -0.2) is 0 Å². The molecule has 3 atom stereocenters. The number of nitrogens with zero attached hydrogens (tertiary/aromatic N) is 3. The lowest BCUT2D eigenvalue weighted by Gasteiger charge is -2.34. The van der Waals surface area contributed by atoms with Crippen molar-refractivity contribution >= 4 is 35.1 Å². The second-order valence-electron chi connectivity index (χ2n) is 12.4. The molecule has 3 aliphatic rings. The molecule has 0 saturated heterocycles. The molecule has 1 aromatic heterocycles. The number of aliphatic hydroxyl groups excluding tert-OH is 1. The van der Waals surface area contributed by atoms with Crippen molar-refractivity contribution < 1.29 is 24.5 Å². The standard InChI is InChI=1S/C29H37Cl2N3O5/c1-28(2)19-12-17(13-20(19)28)33(15-22(35)24-21(30)6-5-7-23(24)39-4)26(36)18-14-32-34(25(18)31)16-8-10-29(3,11-9-16)27(37)38/h5-7,14,16-17,19-20,22,35H,8-13,15H2,1-4H3,(H,37,38). The first-order chi connectivity index (χ1) is 18.4. The lowest BCUT2D eigenvalue weighted by Crippen LogP contribution is -2.43. The molecule has 10 heteroatoms. The Labute approximate surface area is 239 Å². The van der Waals surface area contributed by atoms with E-state index in [1.165, 1.54) is 13.3 Å². The van der Waals surface area contributed by atoms with Crippen LogP contribution in [0.25, 0.3) is 0 Å². The van der Waals surface area contributed by atoms with Crippen molar-refractivity contribution in [3.05, 3.63) is 45.7 Å². The number of carboxylic acid groups (broad SMARTS) is 1. The molecule has 1 amide bonds. The summed E-state index contributed by atoms with van der Waals surface area (Å²) in [6.07, 6.45) is 4.47. The molecule has 3 fully saturated rings. The average molecular weight is 579 g/mol. The zero-order valence-electron chi connectivity index (χ0n) is 22.9. The summed E-state index contributed by atoms with van der Waals surface area (Å²) in [4.78, 5) is 27.5. The van der Waals surface area contributed by atoms with Crippen molar-refractivity contribution in [1.29, 1.82) is 0 Å². The van der Waals surface area contributed by atoms with Gasteiger partial charge in [-0.1, -0.05) is 43.1 Å². The second kappa shape index (κ2) is 10.3. The van der Waals surface area contributed by atoms with Crippen molar-refractivity contribution in [2.75, 3.05) is 13.7 Å². The number of hydrogen-bond donors (Lipinski definition) is 2. The minimum absolute atomic E-state index is 0.0333. The molecule has 212 valence electrons. The van der Waals surface area contributed by atoms with Gasteiger partial charge in [0.25, 0.3) is 5.91 Å². The number of aliphatic hydroxyl groups is 1. The number of aromatic nitrogens is 2. The highest BCUT2D eigenvalue weighted by molar-refractivity contribution is 6.33. The topological polar surface area (TPSA) is 105 Å². The van der Waals surface area contributed by atoms with Crippen LogP contribution in [0.4, 0.5) is 0 Å². The summed E-state index contributed by atoms with van der Waals surface area (Å²) >= 11 is 13.2. The smallest absolute Gasteiger partial charge is 0.309 e. The maximum Gasteiger partial charge on any atom is 0.309 e. The van der Waals surface area contributed by atoms with Crippen LogP contribution < -0.4 is 4.74 Å². The molecule has 3 aliphatic carbocycles. The number of fused-ring (bicyclic) bond motifs is 1. The van der Waals surface area contributed by atoms with E-state index in [1.807, 2.05) is 0 Å². The van der Waals surface area contributed by atoms with E-state index >= 15 is 0 Å². The highest BCUT2D eigenvalue weighted by atomic mass is 35.5. The fourth-order valence-corrected chi connectivity index (χ4v) is 7.63. The first kappa shape index (κ1) is 28.2. The predicted molar refractivity (Wildman–Crippen MR) is 148 cm³/mol. The van der Waals surface area contributed by atoms with Crippen LogP contribution >= 0.6 is 23.2 Å². The Bertz CT molecular complexity index is 1260. The number of rotatable bonds is 8. The number of halogens is 2. The number of benzene rings is 1. The number of ether oxygens (including phenoxy) is 1. The zero-order valence-corrected chi connectivity index (χ0v) is 24.4. The number of methoxy groups -OCH3 is 1. The summed E-state index contributed by atoms with van der Waals surface area (Å²) < 4.78 is 7.11. The molecule has 0 bridgehead atoms. The predicted octanol–water partition coefficient (Wildman–Crippen LogP) is 6.01. The van der Waals surface area contributed by atoms with Gasteiger partial charge in [0.2, 0.25) is 0 Å². The Kier molecular flexibility index (Phi) is 7.44. The van der Waals surface area contributed by atoms with Gasteiger partial charge in [0.05, 0.1) is 41.9 Å². The summed E-state index contributed by atoms with van der Waals surface area (Å²) in [6.45, 7) is 6.37. The van der Waals surface area contributed by atoms with E-state index < -0.39 is 17.5 Å². The largest absolute Gasteiger partial charge is 0.496 e. The van der Waals surface area contributed by atoms with Crippen molar-refractivity contribution in [3.8, 4) is 5.75 Å². The van der Waals surface area contributed by atoms with Gasteiger partial charge in [-0.3, -0.25) is 14.3 Å². The van der Waals surface area contributed by atoms with Gasteiger partial charge in [0, 0.05) is 11.6 Å². The third-order valence-electron chi connectivity index (χ3n) is 9.86. The van der Waals surface area contributed by atoms with Crippen LogP contribution in [0, 0.1) is 22.7 Å². The molecule has 0 radical (unpaired) electrons. The monoisotopic (exact) mass is 577 g/mol. The summed E-state index contributed by atoms with van der Waals surface area (Å²) in [5, 5.41) is 26.0. The number of aliphatic carboxylic acids is 1. The molecule has 2 N–H and O–H groups in total. The zero-order chi connectivity index (χ0) is 28.3. The molecule has 1 aromatic carbocycles. The Hall–Kier alpha value is -2.29. The molecule has 3 unspecified atom stereocenters. The summed E-state index contributed by atoms with van der Waals surface area (Å²) in [5.74, 6) is 0.508. The van der Waals surface area contributed by atoms with E-state index in [0.717, 1.165) is 12.8 Å². The SMILES string of the molecule is COc1cccc(Cl)c1C(O)CN(C(=O)c1cnn(C2CCC(C)(C(=O)O)CC2)c1Cl)C1CC2C(C1)C2(C)C. The van der Waals surface area contributed by atoms with Gasteiger partial charge < -0.3 is 19.8 Å². The summed E-state index contributed by atoms with van der Waals surface area (Å²) in [6, 6.07) is 5.09. The first-order valence-electron chi connectivity index (χ1n) is 13.7. The van der Waals surface area contributed by atoms with Gasteiger partial charge >= 0.3 is 5.97 Å². The number of hydrogen-bond acceptors (Lipinski definition) is 5. The third kappa shape index (κ3) is 4.93. The van der Waals surface area contributed by atoms with E-state index in [9.17, 15) is 19.8 Å². The highest BCUT2D eigenvalue weighted by Gasteiger charge is 2.63. The third-order valence-corrected chi connectivity index (χ3v) is 10.6. The minimum Gasteiger partial charge on any atom is -0.496 e. The van der Waals surface area contributed by atoms with Crippen molar-refractivity contribution in [2.45, 2.75) is 77.5 Å². The van der Waals surface area contributed by atoms with E-state index in [2.05, 4.69) is 18.9 Å². The van der Waals surface area contributed by atoms with Gasteiger partial charge in [-0.15, -0.1) is 0 Å². The van der Waals surface area contributed by atoms with Crippen LogP contribution in [-0.4, -0.2) is 56.5 Å². The molecule has 5 rings (SSSR count). The van der Waals surface area contributed by atoms with Crippen LogP contribution in [0.5, 0.6) is 5.75 Å². The molecule has 0 aliphatic heterocycles. The Morgan fingerprint density at radius 2 is 1.82 bits per heavy atom. The first-order valence-corrected chi connectivity index (χ1v) is 14.4. The minimum atomic E-state index is -1.05. The quantitative estimate of drug-likeness (QED) is 0.397. The average Bonchev–Trinajstić information content (AvgIpc) is 3.27. The van der Waals surface area contributed by atoms with Crippen molar-refractivity contribution in [1.82, 2.24) is 14.7 Å². The number of amides is 1. The molecule has 39 heavy (non-hydrogen) atoms. The number of carbonyl (C=O) groups excluding carboxylic acids is 1. The van der Waals surface area contributed by atoms with E-state index in [4.69, 9.17) is 27.9 Å². The van der Waals surface area contributed by atoms with Crippen LogP contribution in [0.15, 0.2) is 24.4 Å². The Balaban J connectivity index is 1.39. The molecular weight excluding hydrogens is 541 g/mol. The fourth-order valence-electron chi connectivity index (χ4n) is 7.02. The van der Waals surface area contributed by atoms with Gasteiger partial charge in [0.15, 0.2) is 0 Å². The Morgan fingerprint density at radius 1 is 1.18 bits per heavy atom. The summed E-state index contributed by atoms with van der Waals surface area (Å²) in [5.41, 5.74) is 0.275.